The Balaban J connectivity index is 1.28. The van der Waals surface area contributed by atoms with Crippen molar-refractivity contribution < 1.29 is 27.5 Å². The molecule has 0 aliphatic carbocycles. The molecule has 0 unspecified atom stereocenters. The number of amides is 3. The van der Waals surface area contributed by atoms with E-state index in [1.807, 2.05) is 55.6 Å². The monoisotopic (exact) mass is 596 g/mol. The first-order valence-corrected chi connectivity index (χ1v) is 13.6. The van der Waals surface area contributed by atoms with Gasteiger partial charge in [-0.05, 0) is 51.1 Å². The highest BCUT2D eigenvalue weighted by atomic mass is 19.4. The molecular weight excluding hydrogens is 565 g/mol. The second-order valence-electron chi connectivity index (χ2n) is 11.0. The number of urea groups is 1. The van der Waals surface area contributed by atoms with Gasteiger partial charge in [-0.15, -0.1) is 0 Å². The van der Waals surface area contributed by atoms with Gasteiger partial charge in [0.1, 0.15) is 23.6 Å². The van der Waals surface area contributed by atoms with Crippen molar-refractivity contribution in [3.8, 4) is 22.6 Å². The number of carbonyl (C=O) groups excluding carboxylic acids is 2. The number of ether oxygens (including phenoxy) is 1. The van der Waals surface area contributed by atoms with Gasteiger partial charge in [-0.25, -0.2) is 24.5 Å². The summed E-state index contributed by atoms with van der Waals surface area (Å²) in [5, 5.41) is 4.21. The largest absolute Gasteiger partial charge is 0.444 e. The van der Waals surface area contributed by atoms with E-state index < -0.39 is 24.4 Å². The van der Waals surface area contributed by atoms with Crippen molar-refractivity contribution in [1.29, 1.82) is 0 Å². The standard InChI is InChI=1S/C29H31F3N8O3/c1-28(2,3)43-27(42)39-13-11-38(12-14-39)23-7-9-33-25(37-23)20-8-10-40-22(17-34-24(40)16-20)19-5-4-6-21(15-19)36-26(41)35-18-29(30,31)32/h4-10,15-17H,11-14,18H2,1-3H3,(H2,35,36,41). The van der Waals surface area contributed by atoms with E-state index in [4.69, 9.17) is 9.72 Å². The predicted octanol–water partition coefficient (Wildman–Crippen LogP) is 5.20. The number of nitrogens with zero attached hydrogens (tertiary/aromatic N) is 6. The SMILES string of the molecule is CC(C)(C)OC(=O)N1CCN(c2ccnc(-c3ccn4c(-c5cccc(NC(=O)NCC(F)(F)F)c5)cnc4c3)n2)CC1. The zero-order chi connectivity index (χ0) is 30.8. The van der Waals surface area contributed by atoms with Crippen molar-refractivity contribution >= 4 is 29.3 Å². The van der Waals surface area contributed by atoms with Gasteiger partial charge >= 0.3 is 18.3 Å². The van der Waals surface area contributed by atoms with Crippen LogP contribution in [0.25, 0.3) is 28.3 Å². The van der Waals surface area contributed by atoms with Gasteiger partial charge in [-0.1, -0.05) is 12.1 Å². The first-order chi connectivity index (χ1) is 20.3. The fraction of sp³-hybridized carbons (Fsp3) is 0.345. The van der Waals surface area contributed by atoms with Crippen LogP contribution in [0.5, 0.6) is 0 Å². The van der Waals surface area contributed by atoms with Crippen LogP contribution in [0.2, 0.25) is 0 Å². The van der Waals surface area contributed by atoms with E-state index in [0.29, 0.717) is 48.9 Å². The van der Waals surface area contributed by atoms with Crippen LogP contribution < -0.4 is 15.5 Å². The Morgan fingerprint density at radius 3 is 2.47 bits per heavy atom. The first kappa shape index (κ1) is 29.6. The highest BCUT2D eigenvalue weighted by Gasteiger charge is 2.28. The van der Waals surface area contributed by atoms with Crippen LogP contribution in [0.1, 0.15) is 20.8 Å². The number of halogens is 3. The van der Waals surface area contributed by atoms with Crippen molar-refractivity contribution in [3.05, 3.63) is 61.1 Å². The van der Waals surface area contributed by atoms with Gasteiger partial charge in [-0.3, -0.25) is 4.40 Å². The number of carbonyl (C=O) groups is 2. The van der Waals surface area contributed by atoms with Crippen molar-refractivity contribution in [2.75, 3.05) is 42.9 Å². The molecule has 0 radical (unpaired) electrons. The molecule has 11 nitrogen and oxygen atoms in total. The average molecular weight is 597 g/mol. The third-order valence-electron chi connectivity index (χ3n) is 6.53. The lowest BCUT2D eigenvalue weighted by atomic mass is 10.1. The Hall–Kier alpha value is -4.88. The molecule has 3 amide bonds. The Kier molecular flexibility index (Phi) is 8.11. The number of anilines is 2. The molecule has 1 aromatic carbocycles. The summed E-state index contributed by atoms with van der Waals surface area (Å²) in [5.74, 6) is 1.27. The van der Waals surface area contributed by atoms with Crippen LogP contribution in [0, 0.1) is 0 Å². The van der Waals surface area contributed by atoms with Gasteiger partial charge in [0.05, 0.1) is 11.9 Å². The van der Waals surface area contributed by atoms with Crippen LogP contribution in [0.3, 0.4) is 0 Å². The molecule has 14 heteroatoms. The minimum Gasteiger partial charge on any atom is -0.444 e. The second-order valence-corrected chi connectivity index (χ2v) is 11.0. The number of pyridine rings is 1. The minimum atomic E-state index is -4.50. The topological polar surface area (TPSA) is 117 Å². The van der Waals surface area contributed by atoms with E-state index >= 15 is 0 Å². The molecule has 1 aliphatic rings. The van der Waals surface area contributed by atoms with E-state index in [9.17, 15) is 22.8 Å². The van der Waals surface area contributed by atoms with Crippen LogP contribution >= 0.6 is 0 Å². The molecule has 226 valence electrons. The summed E-state index contributed by atoms with van der Waals surface area (Å²) < 4.78 is 44.5. The number of hydrogen-bond acceptors (Lipinski definition) is 7. The van der Waals surface area contributed by atoms with Gasteiger partial charge in [0.25, 0.3) is 0 Å². The number of imidazole rings is 1. The number of fused-ring (bicyclic) bond motifs is 1. The number of hydrogen-bond donors (Lipinski definition) is 2. The number of piperazine rings is 1. The molecule has 4 heterocycles. The molecular formula is C29H31F3N8O3. The van der Waals surface area contributed by atoms with Crippen molar-refractivity contribution in [2.24, 2.45) is 0 Å². The van der Waals surface area contributed by atoms with Crippen molar-refractivity contribution in [3.63, 3.8) is 0 Å². The molecule has 0 saturated carbocycles. The molecule has 0 atom stereocenters. The summed E-state index contributed by atoms with van der Waals surface area (Å²) in [6.45, 7) is 6.36. The molecule has 1 saturated heterocycles. The number of aromatic nitrogens is 4. The van der Waals surface area contributed by atoms with Crippen molar-refractivity contribution in [2.45, 2.75) is 32.5 Å². The van der Waals surface area contributed by atoms with Crippen LogP contribution in [-0.4, -0.2) is 80.9 Å². The maximum absolute atomic E-state index is 12.4. The maximum Gasteiger partial charge on any atom is 0.410 e. The van der Waals surface area contributed by atoms with E-state index in [-0.39, 0.29) is 6.09 Å². The number of rotatable bonds is 5. The predicted molar refractivity (Wildman–Crippen MR) is 155 cm³/mol. The number of alkyl halides is 3. The fourth-order valence-corrected chi connectivity index (χ4v) is 4.55. The number of benzene rings is 1. The van der Waals surface area contributed by atoms with Gasteiger partial charge in [-0.2, -0.15) is 13.2 Å². The third-order valence-corrected chi connectivity index (χ3v) is 6.53. The van der Waals surface area contributed by atoms with E-state index in [0.717, 1.165) is 17.1 Å². The van der Waals surface area contributed by atoms with Gasteiger partial charge < -0.3 is 25.2 Å². The summed E-state index contributed by atoms with van der Waals surface area (Å²) in [6.07, 6.45) is 0.377. The quantitative estimate of drug-likeness (QED) is 0.325. The molecule has 1 fully saturated rings. The Morgan fingerprint density at radius 2 is 1.74 bits per heavy atom. The zero-order valence-corrected chi connectivity index (χ0v) is 23.9. The molecule has 43 heavy (non-hydrogen) atoms. The van der Waals surface area contributed by atoms with Crippen LogP contribution in [0.15, 0.2) is 61.1 Å². The Morgan fingerprint density at radius 1 is 0.977 bits per heavy atom. The van der Waals surface area contributed by atoms with Gasteiger partial charge in [0.2, 0.25) is 0 Å². The molecule has 4 aromatic rings. The molecule has 0 bridgehead atoms. The second kappa shape index (κ2) is 11.8. The summed E-state index contributed by atoms with van der Waals surface area (Å²) >= 11 is 0. The molecule has 0 spiro atoms. The van der Waals surface area contributed by atoms with E-state index in [1.54, 1.807) is 40.8 Å². The van der Waals surface area contributed by atoms with Crippen LogP contribution in [-0.2, 0) is 4.74 Å². The maximum atomic E-state index is 12.4. The molecule has 5 rings (SSSR count). The highest BCUT2D eigenvalue weighted by molar-refractivity contribution is 5.90. The van der Waals surface area contributed by atoms with E-state index in [1.165, 1.54) is 0 Å². The zero-order valence-electron chi connectivity index (χ0n) is 23.9. The fourth-order valence-electron chi connectivity index (χ4n) is 4.55. The van der Waals surface area contributed by atoms with Gasteiger partial charge in [0.15, 0.2) is 5.82 Å². The summed E-state index contributed by atoms with van der Waals surface area (Å²) in [6, 6.07) is 11.3. The highest BCUT2D eigenvalue weighted by Crippen LogP contribution is 2.27. The van der Waals surface area contributed by atoms with Gasteiger partial charge in [0, 0.05) is 55.4 Å². The summed E-state index contributed by atoms with van der Waals surface area (Å²) in [7, 11) is 0. The van der Waals surface area contributed by atoms with Crippen LogP contribution in [0.4, 0.5) is 34.3 Å². The third kappa shape index (κ3) is 7.50. The lowest BCUT2D eigenvalue weighted by molar-refractivity contribution is -0.122. The first-order valence-electron chi connectivity index (χ1n) is 13.6. The summed E-state index contributed by atoms with van der Waals surface area (Å²) in [5.41, 5.74) is 2.61. The normalized spacial score (nSPS) is 14.1. The molecule has 2 N–H and O–H groups in total. The smallest absolute Gasteiger partial charge is 0.410 e. The van der Waals surface area contributed by atoms with E-state index in [2.05, 4.69) is 20.2 Å². The van der Waals surface area contributed by atoms with Crippen molar-refractivity contribution in [1.82, 2.24) is 29.6 Å². The number of nitrogens with one attached hydrogen (secondary N) is 2. The Labute approximate surface area is 245 Å². The minimum absolute atomic E-state index is 0.322. The lowest BCUT2D eigenvalue weighted by Gasteiger charge is -2.36. The Bertz CT molecular complexity index is 1630. The summed E-state index contributed by atoms with van der Waals surface area (Å²) in [4.78, 5) is 41.8. The molecule has 3 aromatic heterocycles. The molecule has 1 aliphatic heterocycles. The lowest BCUT2D eigenvalue weighted by Crippen LogP contribution is -2.50. The average Bonchev–Trinajstić information content (AvgIpc) is 3.39.